The number of amides is 1. The van der Waals surface area contributed by atoms with Crippen LogP contribution in [0.2, 0.25) is 0 Å². The van der Waals surface area contributed by atoms with E-state index in [1.54, 1.807) is 0 Å². The number of rotatable bonds is 1. The normalized spacial score (nSPS) is 32.8. The zero-order valence-corrected chi connectivity index (χ0v) is 10.4. The molecule has 1 saturated carbocycles. The molecule has 0 aromatic rings. The molecule has 2 rings (SSSR count). The number of ether oxygens (including phenoxy) is 1. The van der Waals surface area contributed by atoms with Gasteiger partial charge in [0.25, 0.3) is 0 Å². The Bertz CT molecular complexity index is 248. The Morgan fingerprint density at radius 3 is 2.56 bits per heavy atom. The van der Waals surface area contributed by atoms with Crippen LogP contribution >= 0.6 is 0 Å². The maximum atomic E-state index is 12.4. The van der Waals surface area contributed by atoms with Gasteiger partial charge in [0, 0.05) is 12.5 Å². The highest BCUT2D eigenvalue weighted by atomic mass is 16.5. The summed E-state index contributed by atoms with van der Waals surface area (Å²) in [6, 6.07) is 0.239. The molecule has 0 aromatic carbocycles. The highest BCUT2D eigenvalue weighted by Crippen LogP contribution is 2.27. The van der Waals surface area contributed by atoms with Crippen molar-refractivity contribution in [1.82, 2.24) is 4.90 Å². The molecule has 0 bridgehead atoms. The second kappa shape index (κ2) is 5.17. The average molecular weight is 225 g/mol. The summed E-state index contributed by atoms with van der Waals surface area (Å²) >= 11 is 0. The van der Waals surface area contributed by atoms with E-state index < -0.39 is 0 Å². The van der Waals surface area contributed by atoms with E-state index in [1.807, 2.05) is 4.90 Å². The van der Waals surface area contributed by atoms with Crippen molar-refractivity contribution in [2.24, 2.45) is 5.92 Å². The van der Waals surface area contributed by atoms with Crippen molar-refractivity contribution >= 4 is 5.91 Å². The maximum Gasteiger partial charge on any atom is 0.226 e. The van der Waals surface area contributed by atoms with E-state index in [9.17, 15) is 4.79 Å². The van der Waals surface area contributed by atoms with E-state index in [0.29, 0.717) is 18.4 Å². The third-order valence-corrected chi connectivity index (χ3v) is 4.12. The van der Waals surface area contributed by atoms with E-state index in [-0.39, 0.29) is 12.1 Å². The first-order valence-corrected chi connectivity index (χ1v) is 6.62. The fourth-order valence-corrected chi connectivity index (χ4v) is 2.83. The van der Waals surface area contributed by atoms with Crippen LogP contribution in [0.3, 0.4) is 0 Å². The molecular formula is C13H23NO2. The van der Waals surface area contributed by atoms with E-state index in [0.717, 1.165) is 19.4 Å². The summed E-state index contributed by atoms with van der Waals surface area (Å²) in [4.78, 5) is 14.4. The topological polar surface area (TPSA) is 29.5 Å². The van der Waals surface area contributed by atoms with E-state index in [2.05, 4.69) is 13.8 Å². The van der Waals surface area contributed by atoms with Crippen LogP contribution in [0.5, 0.6) is 0 Å². The quantitative estimate of drug-likeness (QED) is 0.684. The van der Waals surface area contributed by atoms with Gasteiger partial charge in [0.15, 0.2) is 0 Å². The molecule has 2 aliphatic rings. The second-order valence-corrected chi connectivity index (χ2v) is 5.18. The summed E-state index contributed by atoms with van der Waals surface area (Å²) < 4.78 is 5.56. The van der Waals surface area contributed by atoms with Gasteiger partial charge in [-0.15, -0.1) is 0 Å². The molecule has 1 amide bonds. The Kier molecular flexibility index (Phi) is 3.85. The fraction of sp³-hybridized carbons (Fsp3) is 0.923. The lowest BCUT2D eigenvalue weighted by Crippen LogP contribution is -2.53. The molecule has 0 aromatic heterocycles. The van der Waals surface area contributed by atoms with Crippen LogP contribution in [0.15, 0.2) is 0 Å². The Balaban J connectivity index is 1.96. The van der Waals surface area contributed by atoms with Crippen molar-refractivity contribution in [3.8, 4) is 0 Å². The first-order chi connectivity index (χ1) is 7.70. The molecule has 92 valence electrons. The van der Waals surface area contributed by atoms with Gasteiger partial charge in [0.05, 0.1) is 18.8 Å². The minimum atomic E-state index is 0.182. The molecule has 2 fully saturated rings. The second-order valence-electron chi connectivity index (χ2n) is 5.18. The van der Waals surface area contributed by atoms with Crippen molar-refractivity contribution in [1.29, 1.82) is 0 Å². The number of nitrogens with zero attached hydrogens (tertiary/aromatic N) is 1. The van der Waals surface area contributed by atoms with Gasteiger partial charge in [-0.1, -0.05) is 19.3 Å². The number of carbonyl (C=O) groups excluding carboxylic acids is 1. The van der Waals surface area contributed by atoms with Crippen molar-refractivity contribution in [2.45, 2.75) is 58.1 Å². The van der Waals surface area contributed by atoms with Gasteiger partial charge in [-0.05, 0) is 26.7 Å². The molecule has 3 heteroatoms. The first kappa shape index (κ1) is 11.9. The predicted octanol–water partition coefficient (Wildman–Crippen LogP) is 2.20. The first-order valence-electron chi connectivity index (χ1n) is 6.62. The van der Waals surface area contributed by atoms with Crippen LogP contribution in [0.4, 0.5) is 0 Å². The Morgan fingerprint density at radius 2 is 1.88 bits per heavy atom. The summed E-state index contributed by atoms with van der Waals surface area (Å²) in [6.07, 6.45) is 6.13. The molecule has 0 radical (unpaired) electrons. The molecule has 0 spiro atoms. The number of hydrogen-bond acceptors (Lipinski definition) is 2. The fourth-order valence-electron chi connectivity index (χ4n) is 2.83. The summed E-state index contributed by atoms with van der Waals surface area (Å²) in [5.41, 5.74) is 0. The monoisotopic (exact) mass is 225 g/mol. The lowest BCUT2D eigenvalue weighted by atomic mass is 9.87. The largest absolute Gasteiger partial charge is 0.375 e. The summed E-state index contributed by atoms with van der Waals surface area (Å²) in [5.74, 6) is 0.670. The molecular weight excluding hydrogens is 202 g/mol. The molecule has 2 atom stereocenters. The van der Waals surface area contributed by atoms with Gasteiger partial charge < -0.3 is 9.64 Å². The van der Waals surface area contributed by atoms with Crippen LogP contribution < -0.4 is 0 Å². The molecule has 16 heavy (non-hydrogen) atoms. The number of hydrogen-bond donors (Lipinski definition) is 0. The SMILES string of the molecule is CC1OCCN(C(=O)C2CCCCC2)C1C. The number of carbonyl (C=O) groups is 1. The molecule has 1 aliphatic heterocycles. The summed E-state index contributed by atoms with van der Waals surface area (Å²) in [6.45, 7) is 5.64. The average Bonchev–Trinajstić information content (AvgIpc) is 2.33. The minimum absolute atomic E-state index is 0.182. The van der Waals surface area contributed by atoms with Gasteiger partial charge in [-0.3, -0.25) is 4.79 Å². The van der Waals surface area contributed by atoms with Crippen molar-refractivity contribution in [3.05, 3.63) is 0 Å². The van der Waals surface area contributed by atoms with Gasteiger partial charge in [-0.25, -0.2) is 0 Å². The Morgan fingerprint density at radius 1 is 1.19 bits per heavy atom. The molecule has 1 saturated heterocycles. The van der Waals surface area contributed by atoms with Gasteiger partial charge in [0.1, 0.15) is 0 Å². The molecule has 0 N–H and O–H groups in total. The zero-order valence-electron chi connectivity index (χ0n) is 10.4. The van der Waals surface area contributed by atoms with Crippen LogP contribution in [0.25, 0.3) is 0 Å². The van der Waals surface area contributed by atoms with E-state index in [4.69, 9.17) is 4.74 Å². The summed E-state index contributed by atoms with van der Waals surface area (Å²) in [5, 5.41) is 0. The number of morpholine rings is 1. The van der Waals surface area contributed by atoms with Crippen molar-refractivity contribution in [2.75, 3.05) is 13.2 Å². The third kappa shape index (κ3) is 2.40. The zero-order chi connectivity index (χ0) is 11.5. The Labute approximate surface area is 98.1 Å². The van der Waals surface area contributed by atoms with Gasteiger partial charge in [-0.2, -0.15) is 0 Å². The van der Waals surface area contributed by atoms with E-state index in [1.165, 1.54) is 19.3 Å². The lowest BCUT2D eigenvalue weighted by Gasteiger charge is -2.40. The maximum absolute atomic E-state index is 12.4. The van der Waals surface area contributed by atoms with Crippen LogP contribution in [0.1, 0.15) is 46.0 Å². The van der Waals surface area contributed by atoms with Crippen LogP contribution in [0, 0.1) is 5.92 Å². The minimum Gasteiger partial charge on any atom is -0.375 e. The third-order valence-electron chi connectivity index (χ3n) is 4.12. The lowest BCUT2D eigenvalue weighted by molar-refractivity contribution is -0.149. The summed E-state index contributed by atoms with van der Waals surface area (Å²) in [7, 11) is 0. The Hall–Kier alpha value is -0.570. The van der Waals surface area contributed by atoms with Gasteiger partial charge in [0.2, 0.25) is 5.91 Å². The van der Waals surface area contributed by atoms with Crippen molar-refractivity contribution < 1.29 is 9.53 Å². The smallest absolute Gasteiger partial charge is 0.226 e. The van der Waals surface area contributed by atoms with Crippen molar-refractivity contribution in [3.63, 3.8) is 0 Å². The van der Waals surface area contributed by atoms with E-state index >= 15 is 0 Å². The van der Waals surface area contributed by atoms with Crippen LogP contribution in [-0.2, 0) is 9.53 Å². The standard InChI is InChI=1S/C13H23NO2/c1-10-11(2)16-9-8-14(10)13(15)12-6-4-3-5-7-12/h10-12H,3-9H2,1-2H3. The molecule has 2 unspecified atom stereocenters. The molecule has 1 heterocycles. The predicted molar refractivity (Wildman–Crippen MR) is 63.2 cm³/mol. The van der Waals surface area contributed by atoms with Crippen LogP contribution in [-0.4, -0.2) is 36.1 Å². The molecule has 1 aliphatic carbocycles. The molecule has 3 nitrogen and oxygen atoms in total. The van der Waals surface area contributed by atoms with Gasteiger partial charge >= 0.3 is 0 Å². The highest BCUT2D eigenvalue weighted by Gasteiger charge is 2.33. The highest BCUT2D eigenvalue weighted by molar-refractivity contribution is 5.79.